The molecule has 0 radical (unpaired) electrons. The third kappa shape index (κ3) is 8.98. The average Bonchev–Trinajstić information content (AvgIpc) is 3.22. The van der Waals surface area contributed by atoms with E-state index in [4.69, 9.17) is 14.0 Å². The van der Waals surface area contributed by atoms with Crippen molar-refractivity contribution in [2.45, 2.75) is 162 Å². The second-order valence-electron chi connectivity index (χ2n) is 17.7. The van der Waals surface area contributed by atoms with Gasteiger partial charge in [0.25, 0.3) is 0 Å². The molecule has 0 unspecified atom stereocenters. The lowest BCUT2D eigenvalue weighted by Gasteiger charge is -2.45. The van der Waals surface area contributed by atoms with Crippen LogP contribution in [0.1, 0.15) is 114 Å². The fraction of sp³-hybridized carbons (Fsp3) is 0.763. The standard InChI is InChI=1S/C38H66O4Si2/c1-27(16-21-35(39)40)23-28(2)33-19-20-34-30(15-14-22-38(33,34)9)18-17-29-24-31(41-43(10,11)36(3,4)5)26-32(25-29)42-44(12,13)37(6,7)8/h16-18,21,23,28,31-34H,14-15,19-20,22,24-26H2,1-13H3,(H,39,40)/t28-,31-,32-,33-,34+,38-/m1/s1. The first-order valence-electron chi connectivity index (χ1n) is 17.4. The van der Waals surface area contributed by atoms with Gasteiger partial charge < -0.3 is 14.0 Å². The molecule has 0 heterocycles. The maximum atomic E-state index is 11.0. The Bertz CT molecular complexity index is 1110. The molecule has 6 atom stereocenters. The summed E-state index contributed by atoms with van der Waals surface area (Å²) in [5.74, 6) is 0.798. The number of allylic oxidation sites excluding steroid dienone is 6. The van der Waals surface area contributed by atoms with Crippen molar-refractivity contribution in [2.24, 2.45) is 23.2 Å². The molecule has 0 amide bonds. The molecule has 0 aromatic rings. The molecule has 3 saturated carbocycles. The molecule has 1 N–H and O–H groups in total. The van der Waals surface area contributed by atoms with Gasteiger partial charge in [-0.1, -0.05) is 96.4 Å². The summed E-state index contributed by atoms with van der Waals surface area (Å²) in [6, 6.07) is 0. The predicted octanol–water partition coefficient (Wildman–Crippen LogP) is 11.2. The van der Waals surface area contributed by atoms with E-state index in [1.165, 1.54) is 43.8 Å². The van der Waals surface area contributed by atoms with Crippen molar-refractivity contribution >= 4 is 22.6 Å². The van der Waals surface area contributed by atoms with Gasteiger partial charge in [-0.25, -0.2) is 4.79 Å². The highest BCUT2D eigenvalue weighted by Gasteiger charge is 2.50. The van der Waals surface area contributed by atoms with Gasteiger partial charge in [-0.05, 0) is 118 Å². The van der Waals surface area contributed by atoms with Crippen molar-refractivity contribution in [1.29, 1.82) is 0 Å². The Balaban J connectivity index is 1.85. The molecule has 0 saturated heterocycles. The van der Waals surface area contributed by atoms with E-state index in [0.29, 0.717) is 23.2 Å². The van der Waals surface area contributed by atoms with Crippen LogP contribution in [0.4, 0.5) is 0 Å². The third-order valence-electron chi connectivity index (χ3n) is 12.3. The number of aliphatic carboxylic acids is 1. The van der Waals surface area contributed by atoms with Crippen molar-refractivity contribution in [3.05, 3.63) is 47.1 Å². The van der Waals surface area contributed by atoms with Crippen molar-refractivity contribution in [1.82, 2.24) is 0 Å². The molecule has 0 aromatic carbocycles. The topological polar surface area (TPSA) is 55.8 Å². The van der Waals surface area contributed by atoms with Gasteiger partial charge in [0.05, 0.1) is 12.2 Å². The van der Waals surface area contributed by atoms with E-state index >= 15 is 0 Å². The van der Waals surface area contributed by atoms with Gasteiger partial charge in [-0.15, -0.1) is 0 Å². The van der Waals surface area contributed by atoms with Gasteiger partial charge >= 0.3 is 5.97 Å². The third-order valence-corrected chi connectivity index (χ3v) is 21.3. The highest BCUT2D eigenvalue weighted by Crippen LogP contribution is 2.59. The van der Waals surface area contributed by atoms with E-state index in [1.54, 1.807) is 11.6 Å². The van der Waals surface area contributed by atoms with Crippen LogP contribution >= 0.6 is 0 Å². The van der Waals surface area contributed by atoms with Crippen LogP contribution in [0.2, 0.25) is 36.3 Å². The van der Waals surface area contributed by atoms with Gasteiger partial charge in [0, 0.05) is 6.08 Å². The Labute approximate surface area is 273 Å². The molecular weight excluding hydrogens is 577 g/mol. The Morgan fingerprint density at radius 1 is 0.932 bits per heavy atom. The van der Waals surface area contributed by atoms with E-state index in [1.807, 2.05) is 6.92 Å². The summed E-state index contributed by atoms with van der Waals surface area (Å²) in [7, 11) is -3.79. The van der Waals surface area contributed by atoms with Crippen molar-refractivity contribution in [3.63, 3.8) is 0 Å². The van der Waals surface area contributed by atoms with Crippen LogP contribution in [0.5, 0.6) is 0 Å². The van der Waals surface area contributed by atoms with E-state index in [9.17, 15) is 4.79 Å². The average molecular weight is 643 g/mol. The molecule has 6 heteroatoms. The number of rotatable bonds is 9. The fourth-order valence-corrected chi connectivity index (χ4v) is 10.5. The molecule has 3 aliphatic carbocycles. The van der Waals surface area contributed by atoms with E-state index in [2.05, 4.69) is 99.8 Å². The maximum absolute atomic E-state index is 11.0. The molecule has 0 aliphatic heterocycles. The SMILES string of the molecule is CC(C=CC(=O)O)=C[C@@H](C)[C@H]1CC[C@H]2C(=CC=C3C[C@@H](O[Si](C)(C)C(C)(C)C)C[C@H](O[Si](C)(C)C(C)(C)C)C3)CCC[C@]12C. The minimum Gasteiger partial charge on any atom is -0.478 e. The molecular formula is C38H66O4Si2. The summed E-state index contributed by atoms with van der Waals surface area (Å²) < 4.78 is 14.1. The number of fused-ring (bicyclic) bond motifs is 1. The van der Waals surface area contributed by atoms with Gasteiger partial charge in [0.1, 0.15) is 0 Å². The predicted molar refractivity (Wildman–Crippen MR) is 192 cm³/mol. The summed E-state index contributed by atoms with van der Waals surface area (Å²) in [6.45, 7) is 30.5. The summed E-state index contributed by atoms with van der Waals surface area (Å²) in [5.41, 5.74) is 4.48. The minimum absolute atomic E-state index is 0.190. The van der Waals surface area contributed by atoms with Crippen LogP contribution in [0.15, 0.2) is 47.1 Å². The molecule has 4 nitrogen and oxygen atoms in total. The first-order chi connectivity index (χ1) is 20.1. The van der Waals surface area contributed by atoms with Gasteiger partial charge in [-0.2, -0.15) is 0 Å². The monoisotopic (exact) mass is 642 g/mol. The van der Waals surface area contributed by atoms with E-state index in [0.717, 1.165) is 24.8 Å². The Morgan fingerprint density at radius 2 is 1.48 bits per heavy atom. The maximum Gasteiger partial charge on any atom is 0.328 e. The molecule has 3 aliphatic rings. The van der Waals surface area contributed by atoms with Crippen LogP contribution in [-0.2, 0) is 13.6 Å². The van der Waals surface area contributed by atoms with Crippen molar-refractivity contribution < 1.29 is 18.8 Å². The second-order valence-corrected chi connectivity index (χ2v) is 27.3. The number of hydrogen-bond acceptors (Lipinski definition) is 3. The minimum atomic E-state index is -1.90. The van der Waals surface area contributed by atoms with E-state index < -0.39 is 22.6 Å². The van der Waals surface area contributed by atoms with E-state index in [-0.39, 0.29) is 22.3 Å². The first kappa shape index (κ1) is 37.2. The molecule has 3 fully saturated rings. The normalized spacial score (nSPS) is 31.0. The van der Waals surface area contributed by atoms with Crippen LogP contribution in [0, 0.1) is 23.2 Å². The number of hydrogen-bond donors (Lipinski definition) is 1. The van der Waals surface area contributed by atoms with Crippen molar-refractivity contribution in [2.75, 3.05) is 0 Å². The second kappa shape index (κ2) is 13.9. The van der Waals surface area contributed by atoms with Gasteiger partial charge in [-0.3, -0.25) is 0 Å². The fourth-order valence-electron chi connectivity index (χ4n) is 7.79. The summed E-state index contributed by atoms with van der Waals surface area (Å²) in [5, 5.41) is 9.41. The molecule has 3 rings (SSSR count). The number of carboxylic acid groups (broad SMARTS) is 1. The zero-order valence-corrected chi connectivity index (χ0v) is 32.6. The van der Waals surface area contributed by atoms with Crippen LogP contribution < -0.4 is 0 Å². The lowest BCUT2D eigenvalue weighted by Crippen LogP contribution is -2.48. The highest BCUT2D eigenvalue weighted by molar-refractivity contribution is 6.74. The molecule has 44 heavy (non-hydrogen) atoms. The molecule has 0 aromatic heterocycles. The zero-order valence-electron chi connectivity index (χ0n) is 30.6. The van der Waals surface area contributed by atoms with Crippen LogP contribution in [0.3, 0.4) is 0 Å². The molecule has 250 valence electrons. The quantitative estimate of drug-likeness (QED) is 0.154. The molecule has 0 spiro atoms. The lowest BCUT2D eigenvalue weighted by molar-refractivity contribution is -0.131. The largest absolute Gasteiger partial charge is 0.478 e. The lowest BCUT2D eigenvalue weighted by atomic mass is 9.61. The summed E-state index contributed by atoms with van der Waals surface area (Å²) >= 11 is 0. The Hall–Kier alpha value is -1.22. The first-order valence-corrected chi connectivity index (χ1v) is 23.2. The zero-order chi connectivity index (χ0) is 33.3. The Kier molecular flexibility index (Phi) is 11.7. The van der Waals surface area contributed by atoms with Gasteiger partial charge in [0.2, 0.25) is 0 Å². The van der Waals surface area contributed by atoms with Gasteiger partial charge in [0.15, 0.2) is 16.6 Å². The number of carboxylic acids is 1. The molecule has 0 bridgehead atoms. The Morgan fingerprint density at radius 3 is 1.98 bits per heavy atom. The highest BCUT2D eigenvalue weighted by atomic mass is 28.4. The smallest absolute Gasteiger partial charge is 0.328 e. The van der Waals surface area contributed by atoms with Crippen LogP contribution in [-0.4, -0.2) is 39.9 Å². The van der Waals surface area contributed by atoms with Crippen LogP contribution in [0.25, 0.3) is 0 Å². The van der Waals surface area contributed by atoms with Crippen molar-refractivity contribution in [3.8, 4) is 0 Å². The summed E-state index contributed by atoms with van der Waals surface area (Å²) in [4.78, 5) is 11.0. The number of carbonyl (C=O) groups is 1. The summed E-state index contributed by atoms with van der Waals surface area (Å²) in [6.07, 6.45) is 20.0.